The Morgan fingerprint density at radius 2 is 1.72 bits per heavy atom. The number of hydrogen-bond donors (Lipinski definition) is 2. The first kappa shape index (κ1) is 24.9. The van der Waals surface area contributed by atoms with Crippen molar-refractivity contribution in [3.63, 3.8) is 0 Å². The van der Waals surface area contributed by atoms with Gasteiger partial charge in [-0.1, -0.05) is 56.3 Å². The third-order valence-electron chi connectivity index (χ3n) is 6.46. The summed E-state index contributed by atoms with van der Waals surface area (Å²) < 4.78 is 0. The number of benzene rings is 3. The second-order valence-electron chi connectivity index (χ2n) is 9.44. The van der Waals surface area contributed by atoms with Crippen molar-refractivity contribution in [2.24, 2.45) is 0 Å². The molecule has 3 aromatic rings. The van der Waals surface area contributed by atoms with Gasteiger partial charge >= 0.3 is 0 Å². The van der Waals surface area contributed by atoms with Crippen LogP contribution in [-0.2, 0) is 14.4 Å². The Hall–Kier alpha value is -4.19. The molecule has 1 aliphatic heterocycles. The van der Waals surface area contributed by atoms with Crippen LogP contribution >= 0.6 is 0 Å². The third kappa shape index (κ3) is 5.54. The Kier molecular flexibility index (Phi) is 7.34. The zero-order valence-electron chi connectivity index (χ0n) is 21.0. The van der Waals surface area contributed by atoms with Crippen molar-refractivity contribution in [2.75, 3.05) is 15.5 Å². The van der Waals surface area contributed by atoms with E-state index < -0.39 is 11.9 Å². The van der Waals surface area contributed by atoms with Crippen LogP contribution in [0.1, 0.15) is 48.4 Å². The maximum absolute atomic E-state index is 13.4. The SMILES string of the molecule is Cc1ccc(NC(=O)CC2C(=O)Nc3ccccc3N2C(=O)C=Cc2ccc(C(C)C)cc2)cc1C. The van der Waals surface area contributed by atoms with Gasteiger partial charge in [-0.05, 0) is 72.4 Å². The molecule has 0 bridgehead atoms. The second kappa shape index (κ2) is 10.6. The maximum Gasteiger partial charge on any atom is 0.251 e. The van der Waals surface area contributed by atoms with Crippen molar-refractivity contribution in [3.05, 3.63) is 95.1 Å². The molecular formula is C30H31N3O3. The molecule has 1 aliphatic rings. The van der Waals surface area contributed by atoms with Crippen molar-refractivity contribution >= 4 is 40.9 Å². The number of nitrogens with one attached hydrogen (secondary N) is 2. The maximum atomic E-state index is 13.4. The highest BCUT2D eigenvalue weighted by Gasteiger charge is 2.37. The molecule has 0 fully saturated rings. The largest absolute Gasteiger partial charge is 0.326 e. The van der Waals surface area contributed by atoms with Crippen molar-refractivity contribution in [1.82, 2.24) is 0 Å². The van der Waals surface area contributed by atoms with E-state index in [0.717, 1.165) is 16.7 Å². The molecule has 184 valence electrons. The van der Waals surface area contributed by atoms with Crippen LogP contribution in [0.2, 0.25) is 0 Å². The van der Waals surface area contributed by atoms with Crippen molar-refractivity contribution < 1.29 is 14.4 Å². The Balaban J connectivity index is 1.57. The summed E-state index contributed by atoms with van der Waals surface area (Å²) in [6, 6.07) is 19.8. The summed E-state index contributed by atoms with van der Waals surface area (Å²) in [5, 5.41) is 5.69. The van der Waals surface area contributed by atoms with E-state index in [1.54, 1.807) is 30.3 Å². The van der Waals surface area contributed by atoms with Crippen LogP contribution in [0, 0.1) is 13.8 Å². The van der Waals surface area contributed by atoms with Crippen molar-refractivity contribution in [1.29, 1.82) is 0 Å². The third-order valence-corrected chi connectivity index (χ3v) is 6.46. The highest BCUT2D eigenvalue weighted by Crippen LogP contribution is 2.33. The van der Waals surface area contributed by atoms with Gasteiger partial charge in [-0.3, -0.25) is 19.3 Å². The Morgan fingerprint density at radius 3 is 2.42 bits per heavy atom. The standard InChI is InChI=1S/C30H31N3O3/c1-19(2)23-13-10-22(11-14-23)12-16-29(35)33-26-8-6-5-7-25(26)32-30(36)27(33)18-28(34)31-24-15-9-20(3)21(4)17-24/h5-17,19,27H,18H2,1-4H3,(H,31,34)(H,32,36). The zero-order valence-corrected chi connectivity index (χ0v) is 21.0. The highest BCUT2D eigenvalue weighted by molar-refractivity contribution is 6.16. The Morgan fingerprint density at radius 1 is 1.00 bits per heavy atom. The molecule has 1 atom stereocenters. The first-order valence-corrected chi connectivity index (χ1v) is 12.1. The van der Waals surface area contributed by atoms with E-state index in [-0.39, 0.29) is 18.2 Å². The molecule has 1 unspecified atom stereocenters. The fourth-order valence-electron chi connectivity index (χ4n) is 4.19. The lowest BCUT2D eigenvalue weighted by molar-refractivity contribution is -0.124. The number of hydrogen-bond acceptors (Lipinski definition) is 3. The number of para-hydroxylation sites is 2. The van der Waals surface area contributed by atoms with E-state index in [1.807, 2.05) is 56.3 Å². The lowest BCUT2D eigenvalue weighted by Gasteiger charge is -2.35. The normalized spacial score (nSPS) is 15.1. The number of carbonyl (C=O) groups excluding carboxylic acids is 3. The predicted molar refractivity (Wildman–Crippen MR) is 145 cm³/mol. The molecule has 3 aromatic carbocycles. The number of aryl methyl sites for hydroxylation is 2. The summed E-state index contributed by atoms with van der Waals surface area (Å²) in [7, 11) is 0. The fraction of sp³-hybridized carbons (Fsp3) is 0.233. The lowest BCUT2D eigenvalue weighted by Crippen LogP contribution is -2.52. The van der Waals surface area contributed by atoms with E-state index in [2.05, 4.69) is 24.5 Å². The van der Waals surface area contributed by atoms with Gasteiger partial charge in [0.1, 0.15) is 6.04 Å². The molecule has 1 heterocycles. The summed E-state index contributed by atoms with van der Waals surface area (Å²) in [5.74, 6) is -0.686. The fourth-order valence-corrected chi connectivity index (χ4v) is 4.19. The van der Waals surface area contributed by atoms with Gasteiger partial charge in [-0.15, -0.1) is 0 Å². The average molecular weight is 482 g/mol. The number of rotatable bonds is 6. The number of nitrogens with zero attached hydrogens (tertiary/aromatic N) is 1. The number of fused-ring (bicyclic) bond motifs is 1. The summed E-state index contributed by atoms with van der Waals surface area (Å²) >= 11 is 0. The van der Waals surface area contributed by atoms with E-state index in [0.29, 0.717) is 23.0 Å². The van der Waals surface area contributed by atoms with Crippen LogP contribution in [0.4, 0.5) is 17.1 Å². The number of carbonyl (C=O) groups is 3. The first-order valence-electron chi connectivity index (χ1n) is 12.1. The molecule has 0 aromatic heterocycles. The molecule has 0 aliphatic carbocycles. The van der Waals surface area contributed by atoms with E-state index in [9.17, 15) is 14.4 Å². The molecule has 3 amide bonds. The minimum Gasteiger partial charge on any atom is -0.326 e. The van der Waals surface area contributed by atoms with Crippen LogP contribution in [-0.4, -0.2) is 23.8 Å². The van der Waals surface area contributed by atoms with E-state index in [1.165, 1.54) is 16.5 Å². The molecule has 36 heavy (non-hydrogen) atoms. The minimum atomic E-state index is -0.980. The molecule has 6 nitrogen and oxygen atoms in total. The predicted octanol–water partition coefficient (Wildman–Crippen LogP) is 5.82. The van der Waals surface area contributed by atoms with Gasteiger partial charge < -0.3 is 10.6 Å². The average Bonchev–Trinajstić information content (AvgIpc) is 2.85. The molecule has 4 rings (SSSR count). The molecule has 6 heteroatoms. The summed E-state index contributed by atoms with van der Waals surface area (Å²) in [4.78, 5) is 40.8. The van der Waals surface area contributed by atoms with Gasteiger partial charge in [0, 0.05) is 11.8 Å². The van der Waals surface area contributed by atoms with Crippen LogP contribution in [0.25, 0.3) is 6.08 Å². The van der Waals surface area contributed by atoms with Crippen LogP contribution in [0.15, 0.2) is 72.8 Å². The molecule has 0 spiro atoms. The monoisotopic (exact) mass is 481 g/mol. The molecular weight excluding hydrogens is 450 g/mol. The Bertz CT molecular complexity index is 1330. The summed E-state index contributed by atoms with van der Waals surface area (Å²) in [5.41, 5.74) is 6.03. The quantitative estimate of drug-likeness (QED) is 0.435. The highest BCUT2D eigenvalue weighted by atomic mass is 16.2. The van der Waals surface area contributed by atoms with E-state index >= 15 is 0 Å². The van der Waals surface area contributed by atoms with Crippen LogP contribution < -0.4 is 15.5 Å². The topological polar surface area (TPSA) is 78.5 Å². The van der Waals surface area contributed by atoms with Gasteiger partial charge in [0.05, 0.1) is 17.8 Å². The minimum absolute atomic E-state index is 0.171. The molecule has 0 saturated carbocycles. The van der Waals surface area contributed by atoms with Gasteiger partial charge in [-0.2, -0.15) is 0 Å². The first-order chi connectivity index (χ1) is 17.2. The number of amides is 3. The molecule has 0 saturated heterocycles. The van der Waals surface area contributed by atoms with Crippen LogP contribution in [0.5, 0.6) is 0 Å². The smallest absolute Gasteiger partial charge is 0.251 e. The van der Waals surface area contributed by atoms with Gasteiger partial charge in [0.15, 0.2) is 0 Å². The molecule has 2 N–H and O–H groups in total. The second-order valence-corrected chi connectivity index (χ2v) is 9.44. The Labute approximate surface area is 212 Å². The summed E-state index contributed by atoms with van der Waals surface area (Å²) in [6.45, 7) is 8.23. The van der Waals surface area contributed by atoms with E-state index in [4.69, 9.17) is 0 Å². The van der Waals surface area contributed by atoms with Gasteiger partial charge in [0.2, 0.25) is 11.8 Å². The summed E-state index contributed by atoms with van der Waals surface area (Å²) in [6.07, 6.45) is 3.01. The van der Waals surface area contributed by atoms with Gasteiger partial charge in [0.25, 0.3) is 5.91 Å². The van der Waals surface area contributed by atoms with Crippen molar-refractivity contribution in [2.45, 2.75) is 46.1 Å². The number of anilines is 3. The zero-order chi connectivity index (χ0) is 25.8. The van der Waals surface area contributed by atoms with Gasteiger partial charge in [-0.25, -0.2) is 0 Å². The van der Waals surface area contributed by atoms with Crippen molar-refractivity contribution in [3.8, 4) is 0 Å². The lowest BCUT2D eigenvalue weighted by atomic mass is 10.0. The molecule has 0 radical (unpaired) electrons. The van der Waals surface area contributed by atoms with Crippen LogP contribution in [0.3, 0.4) is 0 Å².